The monoisotopic (exact) mass is 322 g/mol. The molecule has 0 aliphatic heterocycles. The molecule has 0 amide bonds. The normalized spacial score (nSPS) is 10.5. The van der Waals surface area contributed by atoms with E-state index in [9.17, 15) is 4.79 Å². The van der Waals surface area contributed by atoms with Crippen LogP contribution in [0.1, 0.15) is 27.0 Å². The van der Waals surface area contributed by atoms with Crippen LogP contribution in [-0.4, -0.2) is 12.4 Å². The van der Waals surface area contributed by atoms with E-state index in [2.05, 4.69) is 0 Å². The van der Waals surface area contributed by atoms with Crippen molar-refractivity contribution in [2.75, 3.05) is 6.61 Å². The molecule has 2 nitrogen and oxygen atoms in total. The van der Waals surface area contributed by atoms with Crippen LogP contribution < -0.4 is 4.74 Å². The molecule has 0 saturated carbocycles. The third-order valence-corrected chi connectivity index (χ3v) is 3.76. The van der Waals surface area contributed by atoms with E-state index in [4.69, 9.17) is 27.9 Å². The SMILES string of the molecule is Cc1cc(C)c(C(=O)COc2cc(Cl)ccc2Cl)c(C)c1. The highest BCUT2D eigenvalue weighted by atomic mass is 35.5. The molecule has 110 valence electrons. The largest absolute Gasteiger partial charge is 0.484 e. The molecule has 2 rings (SSSR count). The molecule has 21 heavy (non-hydrogen) atoms. The summed E-state index contributed by atoms with van der Waals surface area (Å²) in [7, 11) is 0. The van der Waals surface area contributed by atoms with E-state index in [1.165, 1.54) is 0 Å². The van der Waals surface area contributed by atoms with Crippen molar-refractivity contribution in [2.24, 2.45) is 0 Å². The van der Waals surface area contributed by atoms with Gasteiger partial charge in [-0.15, -0.1) is 0 Å². The summed E-state index contributed by atoms with van der Waals surface area (Å²) in [6.45, 7) is 5.81. The van der Waals surface area contributed by atoms with Crippen molar-refractivity contribution in [3.63, 3.8) is 0 Å². The zero-order chi connectivity index (χ0) is 15.6. The van der Waals surface area contributed by atoms with Crippen LogP contribution in [0.25, 0.3) is 0 Å². The Kier molecular flexibility index (Phi) is 4.92. The number of benzene rings is 2. The number of hydrogen-bond acceptors (Lipinski definition) is 2. The van der Waals surface area contributed by atoms with Gasteiger partial charge in [0.15, 0.2) is 6.61 Å². The molecule has 0 atom stereocenters. The Morgan fingerprint density at radius 1 is 1.05 bits per heavy atom. The second kappa shape index (κ2) is 6.50. The highest BCUT2D eigenvalue weighted by Gasteiger charge is 2.14. The number of aryl methyl sites for hydroxylation is 3. The quantitative estimate of drug-likeness (QED) is 0.725. The maximum atomic E-state index is 12.4. The average molecular weight is 323 g/mol. The van der Waals surface area contributed by atoms with Crippen LogP contribution in [0.5, 0.6) is 5.75 Å². The number of ether oxygens (including phenoxy) is 1. The fourth-order valence-electron chi connectivity index (χ4n) is 2.42. The number of halogens is 2. The lowest BCUT2D eigenvalue weighted by Crippen LogP contribution is -2.14. The van der Waals surface area contributed by atoms with E-state index in [-0.39, 0.29) is 12.4 Å². The van der Waals surface area contributed by atoms with E-state index >= 15 is 0 Å². The van der Waals surface area contributed by atoms with Gasteiger partial charge in [-0.1, -0.05) is 40.9 Å². The van der Waals surface area contributed by atoms with E-state index in [1.54, 1.807) is 18.2 Å². The minimum atomic E-state index is -0.0685. The Balaban J connectivity index is 2.18. The number of carbonyl (C=O) groups is 1. The fraction of sp³-hybridized carbons (Fsp3) is 0.235. The van der Waals surface area contributed by atoms with E-state index in [0.717, 1.165) is 16.7 Å². The summed E-state index contributed by atoms with van der Waals surface area (Å²) in [6, 6.07) is 8.91. The third-order valence-electron chi connectivity index (χ3n) is 3.21. The molecule has 0 heterocycles. The minimum absolute atomic E-state index is 0.0647. The molecule has 0 aromatic heterocycles. The van der Waals surface area contributed by atoms with E-state index < -0.39 is 0 Å². The lowest BCUT2D eigenvalue weighted by Gasteiger charge is -2.12. The molecule has 0 saturated heterocycles. The molecule has 2 aromatic rings. The Morgan fingerprint density at radius 3 is 2.29 bits per heavy atom. The maximum Gasteiger partial charge on any atom is 0.200 e. The van der Waals surface area contributed by atoms with Crippen LogP contribution in [-0.2, 0) is 0 Å². The van der Waals surface area contributed by atoms with Gasteiger partial charge in [-0.05, 0) is 44.0 Å². The summed E-state index contributed by atoms with van der Waals surface area (Å²) >= 11 is 11.9. The molecular weight excluding hydrogens is 307 g/mol. The molecule has 0 aliphatic carbocycles. The summed E-state index contributed by atoms with van der Waals surface area (Å²) in [5, 5.41) is 0.953. The lowest BCUT2D eigenvalue weighted by atomic mass is 9.97. The number of hydrogen-bond donors (Lipinski definition) is 0. The first kappa shape index (κ1) is 15.9. The number of rotatable bonds is 4. The second-order valence-corrected chi connectivity index (χ2v) is 5.90. The van der Waals surface area contributed by atoms with Crippen molar-refractivity contribution in [1.29, 1.82) is 0 Å². The number of ketones is 1. The van der Waals surface area contributed by atoms with Crippen LogP contribution in [0, 0.1) is 20.8 Å². The Morgan fingerprint density at radius 2 is 1.67 bits per heavy atom. The van der Waals surface area contributed by atoms with Gasteiger partial charge >= 0.3 is 0 Å². The van der Waals surface area contributed by atoms with Gasteiger partial charge in [0, 0.05) is 16.7 Å². The average Bonchev–Trinajstić information content (AvgIpc) is 2.38. The van der Waals surface area contributed by atoms with Gasteiger partial charge in [-0.25, -0.2) is 0 Å². The summed E-state index contributed by atoms with van der Waals surface area (Å²) in [6.07, 6.45) is 0. The number of Topliss-reactive ketones (excluding diaryl/α,β-unsaturated/α-hetero) is 1. The Bertz CT molecular complexity index is 670. The van der Waals surface area contributed by atoms with Gasteiger partial charge in [0.1, 0.15) is 5.75 Å². The first-order valence-electron chi connectivity index (χ1n) is 6.57. The standard InChI is InChI=1S/C17H16Cl2O2/c1-10-6-11(2)17(12(3)7-10)15(20)9-21-16-8-13(18)4-5-14(16)19/h4-8H,9H2,1-3H3. The summed E-state index contributed by atoms with van der Waals surface area (Å²) < 4.78 is 5.51. The van der Waals surface area contributed by atoms with Gasteiger partial charge in [-0.3, -0.25) is 4.79 Å². The molecular formula is C17H16Cl2O2. The van der Waals surface area contributed by atoms with Crippen LogP contribution >= 0.6 is 23.2 Å². The highest BCUT2D eigenvalue weighted by Crippen LogP contribution is 2.28. The van der Waals surface area contributed by atoms with Crippen LogP contribution in [0.2, 0.25) is 10.0 Å². The third kappa shape index (κ3) is 3.78. The topological polar surface area (TPSA) is 26.3 Å². The van der Waals surface area contributed by atoms with E-state index in [1.807, 2.05) is 32.9 Å². The van der Waals surface area contributed by atoms with Crippen LogP contribution in [0.3, 0.4) is 0 Å². The highest BCUT2D eigenvalue weighted by molar-refractivity contribution is 6.34. The summed E-state index contributed by atoms with van der Waals surface area (Å²) in [5.74, 6) is 0.348. The molecule has 4 heteroatoms. The first-order valence-corrected chi connectivity index (χ1v) is 7.33. The van der Waals surface area contributed by atoms with Gasteiger partial charge in [0.05, 0.1) is 5.02 Å². The smallest absolute Gasteiger partial charge is 0.200 e. The van der Waals surface area contributed by atoms with E-state index in [0.29, 0.717) is 21.4 Å². The Hall–Kier alpha value is -1.51. The lowest BCUT2D eigenvalue weighted by molar-refractivity contribution is 0.0920. The fourth-order valence-corrected chi connectivity index (χ4v) is 2.76. The van der Waals surface area contributed by atoms with Crippen molar-refractivity contribution in [1.82, 2.24) is 0 Å². The molecule has 0 fully saturated rings. The van der Waals surface area contributed by atoms with Gasteiger partial charge in [-0.2, -0.15) is 0 Å². The number of carbonyl (C=O) groups excluding carboxylic acids is 1. The molecule has 0 N–H and O–H groups in total. The summed E-state index contributed by atoms with van der Waals surface area (Å²) in [4.78, 5) is 12.4. The van der Waals surface area contributed by atoms with Crippen LogP contribution in [0.4, 0.5) is 0 Å². The molecule has 0 spiro atoms. The maximum absolute atomic E-state index is 12.4. The zero-order valence-electron chi connectivity index (χ0n) is 12.2. The minimum Gasteiger partial charge on any atom is -0.484 e. The second-order valence-electron chi connectivity index (χ2n) is 5.06. The van der Waals surface area contributed by atoms with Gasteiger partial charge < -0.3 is 4.74 Å². The first-order chi connectivity index (χ1) is 9.88. The van der Waals surface area contributed by atoms with Crippen molar-refractivity contribution in [2.45, 2.75) is 20.8 Å². The molecule has 0 unspecified atom stereocenters. The predicted molar refractivity (Wildman–Crippen MR) is 86.9 cm³/mol. The van der Waals surface area contributed by atoms with Crippen molar-refractivity contribution in [3.05, 3.63) is 62.6 Å². The van der Waals surface area contributed by atoms with Crippen molar-refractivity contribution in [3.8, 4) is 5.75 Å². The van der Waals surface area contributed by atoms with Crippen molar-refractivity contribution >= 4 is 29.0 Å². The predicted octanol–water partition coefficient (Wildman–Crippen LogP) is 5.18. The van der Waals surface area contributed by atoms with Gasteiger partial charge in [0.2, 0.25) is 5.78 Å². The molecule has 2 aromatic carbocycles. The van der Waals surface area contributed by atoms with Crippen LogP contribution in [0.15, 0.2) is 30.3 Å². The molecule has 0 radical (unpaired) electrons. The summed E-state index contributed by atoms with van der Waals surface area (Å²) in [5.41, 5.74) is 3.76. The molecule has 0 bridgehead atoms. The molecule has 0 aliphatic rings. The zero-order valence-corrected chi connectivity index (χ0v) is 13.7. The van der Waals surface area contributed by atoms with Gasteiger partial charge in [0.25, 0.3) is 0 Å². The van der Waals surface area contributed by atoms with Crippen molar-refractivity contribution < 1.29 is 9.53 Å². The Labute approximate surface area is 134 Å².